The van der Waals surface area contributed by atoms with Crippen LogP contribution in [0.2, 0.25) is 0 Å². The van der Waals surface area contributed by atoms with Gasteiger partial charge in [-0.05, 0) is 36.8 Å². The second-order valence-electron chi connectivity index (χ2n) is 7.15. The largest absolute Gasteiger partial charge is 0.493 e. The maximum atomic E-state index is 5.62. The highest BCUT2D eigenvalue weighted by molar-refractivity contribution is 14.0. The molecule has 3 rings (SSSR count). The summed E-state index contributed by atoms with van der Waals surface area (Å²) < 4.78 is 21.8. The average Bonchev–Trinajstić information content (AvgIpc) is 3.29. The van der Waals surface area contributed by atoms with Gasteiger partial charge in [-0.1, -0.05) is 17.7 Å². The van der Waals surface area contributed by atoms with Gasteiger partial charge < -0.3 is 29.3 Å². The number of aliphatic imine (C=N–C) groups is 1. The van der Waals surface area contributed by atoms with E-state index in [1.54, 1.807) is 34.6 Å². The number of rotatable bonds is 9. The quantitative estimate of drug-likeness (QED) is 0.228. The molecule has 0 aliphatic heterocycles. The molecule has 0 amide bonds. The summed E-state index contributed by atoms with van der Waals surface area (Å²) in [6, 6.07) is 11.9. The van der Waals surface area contributed by atoms with E-state index in [9.17, 15) is 0 Å². The zero-order valence-electron chi connectivity index (χ0n) is 19.6. The lowest BCUT2D eigenvalue weighted by molar-refractivity contribution is 0.323. The van der Waals surface area contributed by atoms with E-state index in [1.165, 1.54) is 5.56 Å². The number of aryl methyl sites for hydroxylation is 1. The van der Waals surface area contributed by atoms with Crippen LogP contribution in [0.3, 0.4) is 0 Å². The van der Waals surface area contributed by atoms with E-state index in [4.69, 9.17) is 18.6 Å². The zero-order valence-corrected chi connectivity index (χ0v) is 21.9. The average molecular weight is 566 g/mol. The number of hydrogen-bond acceptors (Lipinski definition) is 6. The third-order valence-corrected chi connectivity index (χ3v) is 4.93. The molecule has 0 spiro atoms. The minimum atomic E-state index is 0. The molecule has 0 aliphatic rings. The van der Waals surface area contributed by atoms with Crippen molar-refractivity contribution in [3.05, 3.63) is 59.5 Å². The standard InChI is InChI=1S/C24H30N4O4.HI/c1-16-6-8-18(9-7-16)23-28-19(15-32-23)10-11-26-24(25-2)27-14-17-12-20(29-3)22(31-5)21(13-17)30-4;/h6-9,12-13,15H,10-11,14H2,1-5H3,(H2,25,26,27);1H. The first-order valence-electron chi connectivity index (χ1n) is 10.3. The maximum absolute atomic E-state index is 5.62. The Bertz CT molecular complexity index is 1030. The van der Waals surface area contributed by atoms with E-state index in [-0.39, 0.29) is 24.0 Å². The molecule has 0 fully saturated rings. The van der Waals surface area contributed by atoms with E-state index >= 15 is 0 Å². The molecule has 0 aliphatic carbocycles. The molecule has 1 heterocycles. The van der Waals surface area contributed by atoms with Gasteiger partial charge in [0.25, 0.3) is 0 Å². The van der Waals surface area contributed by atoms with Crippen molar-refractivity contribution in [3.8, 4) is 28.7 Å². The molecular formula is C24H31IN4O4. The second-order valence-corrected chi connectivity index (χ2v) is 7.15. The minimum absolute atomic E-state index is 0. The van der Waals surface area contributed by atoms with E-state index in [0.29, 0.717) is 48.6 Å². The van der Waals surface area contributed by atoms with Crippen LogP contribution < -0.4 is 24.8 Å². The Labute approximate surface area is 211 Å². The second kappa shape index (κ2) is 12.9. The van der Waals surface area contributed by atoms with Gasteiger partial charge in [0.2, 0.25) is 11.6 Å². The number of oxazole rings is 1. The highest BCUT2D eigenvalue weighted by Crippen LogP contribution is 2.38. The molecule has 0 saturated heterocycles. The summed E-state index contributed by atoms with van der Waals surface area (Å²) in [5, 5.41) is 6.59. The fraction of sp³-hybridized carbons (Fsp3) is 0.333. The van der Waals surface area contributed by atoms with Crippen LogP contribution in [-0.2, 0) is 13.0 Å². The third-order valence-electron chi connectivity index (χ3n) is 4.93. The fourth-order valence-electron chi connectivity index (χ4n) is 3.20. The van der Waals surface area contributed by atoms with Gasteiger partial charge in [0.15, 0.2) is 17.5 Å². The molecule has 0 saturated carbocycles. The Kier molecular flexibility index (Phi) is 10.3. The molecule has 0 bridgehead atoms. The lowest BCUT2D eigenvalue weighted by Crippen LogP contribution is -2.37. The first-order valence-corrected chi connectivity index (χ1v) is 10.3. The molecule has 33 heavy (non-hydrogen) atoms. The van der Waals surface area contributed by atoms with Crippen molar-refractivity contribution in [1.82, 2.24) is 15.6 Å². The number of benzene rings is 2. The summed E-state index contributed by atoms with van der Waals surface area (Å²) in [6.45, 7) is 3.26. The summed E-state index contributed by atoms with van der Waals surface area (Å²) >= 11 is 0. The third kappa shape index (κ3) is 7.01. The van der Waals surface area contributed by atoms with Gasteiger partial charge in [0.05, 0.1) is 27.0 Å². The maximum Gasteiger partial charge on any atom is 0.226 e. The molecule has 8 nitrogen and oxygen atoms in total. The SMILES string of the molecule is CN=C(NCCc1coc(-c2ccc(C)cc2)n1)NCc1cc(OC)c(OC)c(OC)c1.I. The molecule has 178 valence electrons. The smallest absolute Gasteiger partial charge is 0.226 e. The normalized spacial score (nSPS) is 10.9. The lowest BCUT2D eigenvalue weighted by Gasteiger charge is -2.15. The Morgan fingerprint density at radius 2 is 1.67 bits per heavy atom. The van der Waals surface area contributed by atoms with Crippen molar-refractivity contribution in [1.29, 1.82) is 0 Å². The van der Waals surface area contributed by atoms with Crippen LogP contribution in [0.4, 0.5) is 0 Å². The van der Waals surface area contributed by atoms with Crippen molar-refractivity contribution in [2.75, 3.05) is 34.9 Å². The number of nitrogens with one attached hydrogen (secondary N) is 2. The number of hydrogen-bond donors (Lipinski definition) is 2. The van der Waals surface area contributed by atoms with Crippen LogP contribution in [0, 0.1) is 6.92 Å². The van der Waals surface area contributed by atoms with Gasteiger partial charge in [-0.3, -0.25) is 4.99 Å². The van der Waals surface area contributed by atoms with Crippen molar-refractivity contribution in [2.24, 2.45) is 4.99 Å². The molecular weight excluding hydrogens is 535 g/mol. The summed E-state index contributed by atoms with van der Waals surface area (Å²) in [5.41, 5.74) is 4.03. The summed E-state index contributed by atoms with van der Waals surface area (Å²) in [4.78, 5) is 8.85. The number of nitrogens with zero attached hydrogens (tertiary/aromatic N) is 2. The molecule has 0 unspecified atom stereocenters. The molecule has 2 N–H and O–H groups in total. The molecule has 9 heteroatoms. The Morgan fingerprint density at radius 1 is 1.00 bits per heavy atom. The summed E-state index contributed by atoms with van der Waals surface area (Å²) in [7, 11) is 6.52. The molecule has 1 aromatic heterocycles. The van der Waals surface area contributed by atoms with Crippen LogP contribution in [0.1, 0.15) is 16.8 Å². The highest BCUT2D eigenvalue weighted by atomic mass is 127. The van der Waals surface area contributed by atoms with Crippen molar-refractivity contribution < 1.29 is 18.6 Å². The van der Waals surface area contributed by atoms with E-state index in [2.05, 4.69) is 27.5 Å². The van der Waals surface area contributed by atoms with Gasteiger partial charge >= 0.3 is 0 Å². The van der Waals surface area contributed by atoms with Crippen LogP contribution in [0.25, 0.3) is 11.5 Å². The first kappa shape index (κ1) is 26.3. The molecule has 0 radical (unpaired) electrons. The predicted octanol–water partition coefficient (Wildman–Crippen LogP) is 4.20. The van der Waals surface area contributed by atoms with Gasteiger partial charge in [0.1, 0.15) is 6.26 Å². The van der Waals surface area contributed by atoms with Gasteiger partial charge in [-0.15, -0.1) is 24.0 Å². The van der Waals surface area contributed by atoms with Gasteiger partial charge in [-0.2, -0.15) is 0 Å². The molecule has 0 atom stereocenters. The Balaban J connectivity index is 0.00000385. The Morgan fingerprint density at radius 3 is 2.24 bits per heavy atom. The number of guanidine groups is 1. The van der Waals surface area contributed by atoms with Crippen molar-refractivity contribution >= 4 is 29.9 Å². The van der Waals surface area contributed by atoms with E-state index < -0.39 is 0 Å². The van der Waals surface area contributed by atoms with E-state index in [0.717, 1.165) is 16.8 Å². The molecule has 2 aromatic carbocycles. The number of ether oxygens (including phenoxy) is 3. The monoisotopic (exact) mass is 566 g/mol. The topological polar surface area (TPSA) is 90.1 Å². The van der Waals surface area contributed by atoms with Crippen LogP contribution in [-0.4, -0.2) is 45.9 Å². The van der Waals surface area contributed by atoms with Gasteiger partial charge in [0, 0.05) is 32.1 Å². The van der Waals surface area contributed by atoms with Crippen LogP contribution in [0.15, 0.2) is 52.1 Å². The first-order chi connectivity index (χ1) is 15.6. The predicted molar refractivity (Wildman–Crippen MR) is 140 cm³/mol. The van der Waals surface area contributed by atoms with Crippen molar-refractivity contribution in [3.63, 3.8) is 0 Å². The Hall–Kier alpha value is -2.95. The zero-order chi connectivity index (χ0) is 22.9. The molecule has 3 aromatic rings. The number of methoxy groups -OCH3 is 3. The number of aromatic nitrogens is 1. The van der Waals surface area contributed by atoms with Crippen LogP contribution in [0.5, 0.6) is 17.2 Å². The van der Waals surface area contributed by atoms with Gasteiger partial charge in [-0.25, -0.2) is 4.98 Å². The summed E-state index contributed by atoms with van der Waals surface area (Å²) in [5.74, 6) is 3.11. The van der Waals surface area contributed by atoms with Crippen LogP contribution >= 0.6 is 24.0 Å². The minimum Gasteiger partial charge on any atom is -0.493 e. The lowest BCUT2D eigenvalue weighted by atomic mass is 10.1. The van der Waals surface area contributed by atoms with Crippen molar-refractivity contribution in [2.45, 2.75) is 19.9 Å². The van der Waals surface area contributed by atoms with E-state index in [1.807, 2.05) is 36.4 Å². The fourth-order valence-corrected chi connectivity index (χ4v) is 3.20. The summed E-state index contributed by atoms with van der Waals surface area (Å²) in [6.07, 6.45) is 2.41. The highest BCUT2D eigenvalue weighted by Gasteiger charge is 2.13. The number of halogens is 1.